The Kier molecular flexibility index (Phi) is 4.17. The van der Waals surface area contributed by atoms with E-state index in [2.05, 4.69) is 10.1 Å². The van der Waals surface area contributed by atoms with Crippen LogP contribution in [-0.2, 0) is 6.18 Å². The molecule has 88 valence electrons. The first-order valence-electron chi connectivity index (χ1n) is 4.36. The lowest BCUT2D eigenvalue weighted by Gasteiger charge is -2.09. The van der Waals surface area contributed by atoms with Crippen LogP contribution in [0.2, 0.25) is 0 Å². The smallest absolute Gasteiger partial charge is 0.411 e. The molecule has 0 aliphatic carbocycles. The number of hydrogen-bond acceptors (Lipinski definition) is 4. The second-order valence-electron chi connectivity index (χ2n) is 2.78. The first-order valence-corrected chi connectivity index (χ1v) is 5.35. The quantitative estimate of drug-likeness (QED) is 0.388. The number of pyridine rings is 1. The van der Waals surface area contributed by atoms with Gasteiger partial charge in [-0.15, -0.1) is 11.8 Å². The molecule has 0 aliphatic heterocycles. The Morgan fingerprint density at radius 3 is 2.75 bits per heavy atom. The zero-order chi connectivity index (χ0) is 12.2. The fraction of sp³-hybridized carbons (Fsp3) is 0.333. The summed E-state index contributed by atoms with van der Waals surface area (Å²) in [7, 11) is 0. The van der Waals surface area contributed by atoms with Crippen molar-refractivity contribution < 1.29 is 18.4 Å². The molecule has 0 aromatic carbocycles. The van der Waals surface area contributed by atoms with Crippen LogP contribution in [0.5, 0.6) is 0 Å². The van der Waals surface area contributed by atoms with Gasteiger partial charge in [0.1, 0.15) is 0 Å². The minimum atomic E-state index is -4.41. The van der Waals surface area contributed by atoms with Gasteiger partial charge < -0.3 is 5.21 Å². The Balaban J connectivity index is 3.17. The Hall–Kier alpha value is -1.24. The first kappa shape index (κ1) is 12.8. The summed E-state index contributed by atoms with van der Waals surface area (Å²) in [6.07, 6.45) is -2.68. The number of hydrogen-bond donors (Lipinski definition) is 1. The van der Waals surface area contributed by atoms with Crippen molar-refractivity contribution in [2.24, 2.45) is 5.16 Å². The summed E-state index contributed by atoms with van der Waals surface area (Å²) in [6, 6.07) is 0.998. The molecule has 0 unspecified atom stereocenters. The van der Waals surface area contributed by atoms with Crippen LogP contribution >= 0.6 is 11.8 Å². The average molecular weight is 250 g/mol. The largest absolute Gasteiger partial charge is 0.417 e. The Morgan fingerprint density at radius 1 is 1.56 bits per heavy atom. The van der Waals surface area contributed by atoms with Crippen LogP contribution in [0.25, 0.3) is 0 Å². The van der Waals surface area contributed by atoms with Gasteiger partial charge in [0.15, 0.2) is 0 Å². The van der Waals surface area contributed by atoms with Gasteiger partial charge in [0, 0.05) is 11.1 Å². The number of thioether (sulfide) groups is 1. The molecule has 0 spiro atoms. The summed E-state index contributed by atoms with van der Waals surface area (Å²) < 4.78 is 37.2. The lowest BCUT2D eigenvalue weighted by atomic mass is 10.2. The van der Waals surface area contributed by atoms with Crippen molar-refractivity contribution >= 4 is 18.0 Å². The van der Waals surface area contributed by atoms with Crippen LogP contribution < -0.4 is 0 Å². The minimum Gasteiger partial charge on any atom is -0.411 e. The third-order valence-electron chi connectivity index (χ3n) is 1.69. The number of aromatic nitrogens is 1. The lowest BCUT2D eigenvalue weighted by Crippen LogP contribution is -2.07. The molecule has 1 heterocycles. The average Bonchev–Trinajstić information content (AvgIpc) is 2.19. The van der Waals surface area contributed by atoms with Crippen LogP contribution in [0.3, 0.4) is 0 Å². The maximum absolute atomic E-state index is 12.4. The van der Waals surface area contributed by atoms with Gasteiger partial charge >= 0.3 is 6.18 Å². The van der Waals surface area contributed by atoms with Gasteiger partial charge in [-0.05, 0) is 11.8 Å². The molecule has 16 heavy (non-hydrogen) atoms. The Labute approximate surface area is 94.4 Å². The molecule has 7 heteroatoms. The van der Waals surface area contributed by atoms with E-state index in [4.69, 9.17) is 5.21 Å². The normalized spacial score (nSPS) is 12.2. The van der Waals surface area contributed by atoms with Gasteiger partial charge in [-0.25, -0.2) is 0 Å². The molecule has 0 radical (unpaired) electrons. The van der Waals surface area contributed by atoms with Crippen LogP contribution in [0.4, 0.5) is 13.2 Å². The summed E-state index contributed by atoms with van der Waals surface area (Å²) in [5.74, 6) is 0.606. The molecule has 0 amide bonds. The maximum Gasteiger partial charge on any atom is 0.417 e. The van der Waals surface area contributed by atoms with Gasteiger partial charge in [0.25, 0.3) is 0 Å². The van der Waals surface area contributed by atoms with Gasteiger partial charge in [-0.2, -0.15) is 13.2 Å². The minimum absolute atomic E-state index is 0.224. The number of alkyl halides is 3. The van der Waals surface area contributed by atoms with E-state index >= 15 is 0 Å². The zero-order valence-electron chi connectivity index (χ0n) is 8.32. The molecular formula is C9H9F3N2OS. The molecule has 0 fully saturated rings. The van der Waals surface area contributed by atoms with Gasteiger partial charge in [0.2, 0.25) is 0 Å². The van der Waals surface area contributed by atoms with Crippen molar-refractivity contribution in [1.29, 1.82) is 0 Å². The molecule has 3 nitrogen and oxygen atoms in total. The summed E-state index contributed by atoms with van der Waals surface area (Å²) in [5.41, 5.74) is -0.583. The van der Waals surface area contributed by atoms with Crippen LogP contribution in [0, 0.1) is 0 Å². The Bertz CT molecular complexity index is 393. The Morgan fingerprint density at radius 2 is 2.25 bits per heavy atom. The molecule has 0 atom stereocenters. The number of nitrogens with zero attached hydrogens (tertiary/aromatic N) is 2. The zero-order valence-corrected chi connectivity index (χ0v) is 9.14. The van der Waals surface area contributed by atoms with E-state index in [1.54, 1.807) is 0 Å². The molecule has 0 saturated carbocycles. The fourth-order valence-electron chi connectivity index (χ4n) is 1.03. The van der Waals surface area contributed by atoms with Crippen LogP contribution in [0.1, 0.15) is 18.2 Å². The lowest BCUT2D eigenvalue weighted by molar-refractivity contribution is -0.138. The highest BCUT2D eigenvalue weighted by atomic mass is 32.2. The topological polar surface area (TPSA) is 45.5 Å². The summed E-state index contributed by atoms with van der Waals surface area (Å²) in [4.78, 5) is 3.95. The van der Waals surface area contributed by atoms with Crippen molar-refractivity contribution in [3.8, 4) is 0 Å². The van der Waals surface area contributed by atoms with Crippen molar-refractivity contribution in [2.45, 2.75) is 18.0 Å². The maximum atomic E-state index is 12.4. The number of rotatable bonds is 3. The van der Waals surface area contributed by atoms with E-state index in [-0.39, 0.29) is 5.69 Å². The molecule has 0 saturated heterocycles. The van der Waals surface area contributed by atoms with Crippen molar-refractivity contribution in [3.05, 3.63) is 23.5 Å². The molecule has 1 N–H and O–H groups in total. The second-order valence-corrected chi connectivity index (χ2v) is 4.09. The molecule has 1 rings (SSSR count). The van der Waals surface area contributed by atoms with E-state index in [0.29, 0.717) is 10.6 Å². The van der Waals surface area contributed by atoms with Crippen molar-refractivity contribution in [2.75, 3.05) is 5.75 Å². The number of oxime groups is 1. The predicted molar refractivity (Wildman–Crippen MR) is 55.0 cm³/mol. The SMILES string of the molecule is CCSc1cc(C(F)(F)F)cnc1C=NO. The molecule has 0 aliphatic rings. The highest BCUT2D eigenvalue weighted by Gasteiger charge is 2.31. The summed E-state index contributed by atoms with van der Waals surface area (Å²) in [5, 5.41) is 11.1. The fourth-order valence-corrected chi connectivity index (χ4v) is 1.81. The molecular weight excluding hydrogens is 241 g/mol. The first-order chi connectivity index (χ1) is 7.49. The third kappa shape index (κ3) is 3.13. The highest BCUT2D eigenvalue weighted by molar-refractivity contribution is 7.99. The summed E-state index contributed by atoms with van der Waals surface area (Å²) >= 11 is 1.21. The van der Waals surface area contributed by atoms with E-state index < -0.39 is 11.7 Å². The van der Waals surface area contributed by atoms with E-state index in [1.165, 1.54) is 11.8 Å². The second kappa shape index (κ2) is 5.20. The van der Waals surface area contributed by atoms with Crippen LogP contribution in [0.15, 0.2) is 22.3 Å². The predicted octanol–water partition coefficient (Wildman–Crippen LogP) is 3.02. The monoisotopic (exact) mass is 250 g/mol. The number of halogens is 3. The van der Waals surface area contributed by atoms with Crippen molar-refractivity contribution in [3.63, 3.8) is 0 Å². The van der Waals surface area contributed by atoms with Gasteiger partial charge in [-0.1, -0.05) is 12.1 Å². The van der Waals surface area contributed by atoms with E-state index in [0.717, 1.165) is 18.5 Å². The van der Waals surface area contributed by atoms with Crippen molar-refractivity contribution in [1.82, 2.24) is 4.98 Å². The van der Waals surface area contributed by atoms with E-state index in [1.807, 2.05) is 6.92 Å². The molecule has 1 aromatic heterocycles. The van der Waals surface area contributed by atoms with E-state index in [9.17, 15) is 13.2 Å². The molecule has 1 aromatic rings. The highest BCUT2D eigenvalue weighted by Crippen LogP contribution is 2.32. The molecule has 0 bridgehead atoms. The van der Waals surface area contributed by atoms with Crippen LogP contribution in [-0.4, -0.2) is 22.2 Å². The summed E-state index contributed by atoms with van der Waals surface area (Å²) in [6.45, 7) is 1.81. The third-order valence-corrected chi connectivity index (χ3v) is 2.62. The standard InChI is InChI=1S/C9H9F3N2OS/c1-2-16-8-3-6(9(10,11)12)4-13-7(8)5-14-15/h3-5,15H,2H2,1H3. The van der Waals surface area contributed by atoms with Gasteiger partial charge in [0.05, 0.1) is 17.5 Å². The van der Waals surface area contributed by atoms with Gasteiger partial charge in [-0.3, -0.25) is 4.98 Å².